The maximum absolute atomic E-state index is 9.69. The third kappa shape index (κ3) is 0.880. The molecule has 2 rings (SSSR count). The van der Waals surface area contributed by atoms with E-state index in [4.69, 9.17) is 4.74 Å². The Morgan fingerprint density at radius 1 is 1.64 bits per heavy atom. The first kappa shape index (κ1) is 7.13. The third-order valence-electron chi connectivity index (χ3n) is 2.57. The van der Waals surface area contributed by atoms with Crippen LogP contribution in [0.4, 0.5) is 0 Å². The van der Waals surface area contributed by atoms with Gasteiger partial charge < -0.3 is 9.84 Å². The van der Waals surface area contributed by atoms with Gasteiger partial charge in [-0.15, -0.1) is 0 Å². The van der Waals surface area contributed by atoms with Gasteiger partial charge in [0.05, 0.1) is 6.61 Å². The van der Waals surface area contributed by atoms with Gasteiger partial charge in [0.15, 0.2) is 0 Å². The Morgan fingerprint density at radius 3 is 2.91 bits per heavy atom. The maximum atomic E-state index is 9.69. The molecule has 3 heteroatoms. The van der Waals surface area contributed by atoms with Crippen LogP contribution in [0.1, 0.15) is 13.3 Å². The third-order valence-corrected chi connectivity index (χ3v) is 2.57. The summed E-state index contributed by atoms with van der Waals surface area (Å²) in [6.45, 7) is 4.13. The van der Waals surface area contributed by atoms with Crippen LogP contribution in [0.5, 0.6) is 0 Å². The molecule has 0 aromatic rings. The van der Waals surface area contributed by atoms with E-state index < -0.39 is 0 Å². The topological polar surface area (TPSA) is 41.5 Å². The summed E-state index contributed by atoms with van der Waals surface area (Å²) in [5.74, 6) is 0.509. The highest BCUT2D eigenvalue weighted by molar-refractivity contribution is 5.28. The second-order valence-electron chi connectivity index (χ2n) is 3.37. The molecule has 3 nitrogen and oxygen atoms in total. The van der Waals surface area contributed by atoms with E-state index in [1.165, 1.54) is 0 Å². The lowest BCUT2D eigenvalue weighted by Gasteiger charge is -2.21. The highest BCUT2D eigenvalue weighted by atomic mass is 16.5. The summed E-state index contributed by atoms with van der Waals surface area (Å²) < 4.78 is 5.24. The van der Waals surface area contributed by atoms with E-state index in [0.717, 1.165) is 25.1 Å². The molecule has 0 bridgehead atoms. The Balaban J connectivity index is 2.27. The standard InChI is InChI=1S/C8H13NO2/c1-6-4-9-8(7(6)10)2-3-11-5-8/h9-10H,2-5H2,1H3. The van der Waals surface area contributed by atoms with Crippen molar-refractivity contribution in [1.82, 2.24) is 5.32 Å². The summed E-state index contributed by atoms with van der Waals surface area (Å²) in [6, 6.07) is 0. The molecule has 1 saturated heterocycles. The molecule has 1 unspecified atom stereocenters. The molecule has 0 saturated carbocycles. The summed E-state index contributed by atoms with van der Waals surface area (Å²) in [4.78, 5) is 0. The Hall–Kier alpha value is -0.540. The van der Waals surface area contributed by atoms with Gasteiger partial charge in [-0.25, -0.2) is 0 Å². The van der Waals surface area contributed by atoms with Crippen LogP contribution in [-0.4, -0.2) is 30.4 Å². The first-order chi connectivity index (χ1) is 5.25. The molecule has 2 heterocycles. The number of hydrogen-bond donors (Lipinski definition) is 2. The monoisotopic (exact) mass is 155 g/mol. The smallest absolute Gasteiger partial charge is 0.115 e. The number of rotatable bonds is 0. The fourth-order valence-electron chi connectivity index (χ4n) is 1.77. The van der Waals surface area contributed by atoms with E-state index in [1.807, 2.05) is 6.92 Å². The van der Waals surface area contributed by atoms with Gasteiger partial charge in [-0.3, -0.25) is 5.32 Å². The molecule has 2 aliphatic heterocycles. The Bertz CT molecular complexity index is 204. The normalized spacial score (nSPS) is 37.5. The lowest BCUT2D eigenvalue weighted by molar-refractivity contribution is 0.165. The van der Waals surface area contributed by atoms with E-state index in [1.54, 1.807) is 0 Å². The van der Waals surface area contributed by atoms with Crippen molar-refractivity contribution < 1.29 is 9.84 Å². The first-order valence-electron chi connectivity index (χ1n) is 3.97. The number of nitrogens with one attached hydrogen (secondary N) is 1. The van der Waals surface area contributed by atoms with E-state index in [9.17, 15) is 5.11 Å². The van der Waals surface area contributed by atoms with Crippen molar-refractivity contribution in [3.63, 3.8) is 0 Å². The van der Waals surface area contributed by atoms with Crippen LogP contribution >= 0.6 is 0 Å². The fraction of sp³-hybridized carbons (Fsp3) is 0.750. The van der Waals surface area contributed by atoms with Gasteiger partial charge >= 0.3 is 0 Å². The second kappa shape index (κ2) is 2.22. The average molecular weight is 155 g/mol. The largest absolute Gasteiger partial charge is 0.510 e. The van der Waals surface area contributed by atoms with Crippen LogP contribution in [0.15, 0.2) is 11.3 Å². The number of hydrogen-bond acceptors (Lipinski definition) is 3. The molecular weight excluding hydrogens is 142 g/mol. The minimum atomic E-state index is -0.218. The highest BCUT2D eigenvalue weighted by Gasteiger charge is 2.42. The van der Waals surface area contributed by atoms with Crippen LogP contribution in [0.2, 0.25) is 0 Å². The Labute approximate surface area is 66.1 Å². The van der Waals surface area contributed by atoms with Crippen LogP contribution in [0.3, 0.4) is 0 Å². The van der Waals surface area contributed by atoms with Crippen LogP contribution in [0, 0.1) is 0 Å². The zero-order valence-corrected chi connectivity index (χ0v) is 6.68. The number of ether oxygens (including phenoxy) is 1. The van der Waals surface area contributed by atoms with Gasteiger partial charge in [-0.05, 0) is 18.9 Å². The van der Waals surface area contributed by atoms with Crippen molar-refractivity contribution in [2.75, 3.05) is 19.8 Å². The van der Waals surface area contributed by atoms with Crippen LogP contribution < -0.4 is 5.32 Å². The average Bonchev–Trinajstić information content (AvgIpc) is 2.56. The van der Waals surface area contributed by atoms with Crippen molar-refractivity contribution in [3.05, 3.63) is 11.3 Å². The van der Waals surface area contributed by atoms with Gasteiger partial charge in [0, 0.05) is 13.2 Å². The van der Waals surface area contributed by atoms with E-state index in [-0.39, 0.29) is 5.54 Å². The number of aliphatic hydroxyl groups excluding tert-OH is 1. The first-order valence-corrected chi connectivity index (χ1v) is 3.97. The zero-order valence-electron chi connectivity index (χ0n) is 6.68. The predicted octanol–water partition coefficient (Wildman–Crippen LogP) is 0.581. The molecule has 1 atom stereocenters. The zero-order chi connectivity index (χ0) is 7.90. The summed E-state index contributed by atoms with van der Waals surface area (Å²) in [6.07, 6.45) is 0.899. The van der Waals surface area contributed by atoms with Gasteiger partial charge in [-0.2, -0.15) is 0 Å². The molecule has 2 N–H and O–H groups in total. The van der Waals surface area contributed by atoms with E-state index >= 15 is 0 Å². The summed E-state index contributed by atoms with van der Waals surface area (Å²) >= 11 is 0. The lowest BCUT2D eigenvalue weighted by atomic mass is 9.97. The molecule has 0 aromatic heterocycles. The molecule has 0 radical (unpaired) electrons. The highest BCUT2D eigenvalue weighted by Crippen LogP contribution is 2.31. The van der Waals surface area contributed by atoms with Gasteiger partial charge in [0.1, 0.15) is 11.3 Å². The van der Waals surface area contributed by atoms with Gasteiger partial charge in [0.2, 0.25) is 0 Å². The van der Waals surface area contributed by atoms with Gasteiger partial charge in [-0.1, -0.05) is 0 Å². The SMILES string of the molecule is CC1=C(O)C2(CCOC2)NC1. The minimum absolute atomic E-state index is 0.218. The maximum Gasteiger partial charge on any atom is 0.115 e. The molecule has 62 valence electrons. The second-order valence-corrected chi connectivity index (χ2v) is 3.37. The number of aliphatic hydroxyl groups is 1. The molecule has 1 fully saturated rings. The van der Waals surface area contributed by atoms with Crippen LogP contribution in [0.25, 0.3) is 0 Å². The quantitative estimate of drug-likeness (QED) is 0.537. The predicted molar refractivity (Wildman–Crippen MR) is 41.5 cm³/mol. The van der Waals surface area contributed by atoms with E-state index in [2.05, 4.69) is 5.32 Å². The molecule has 0 amide bonds. The molecule has 2 aliphatic rings. The molecule has 11 heavy (non-hydrogen) atoms. The fourth-order valence-corrected chi connectivity index (χ4v) is 1.77. The summed E-state index contributed by atoms with van der Waals surface area (Å²) in [7, 11) is 0. The van der Waals surface area contributed by atoms with Crippen LogP contribution in [-0.2, 0) is 4.74 Å². The summed E-state index contributed by atoms with van der Waals surface area (Å²) in [5.41, 5.74) is 0.833. The van der Waals surface area contributed by atoms with Crippen molar-refractivity contribution in [1.29, 1.82) is 0 Å². The minimum Gasteiger partial charge on any atom is -0.510 e. The molecular formula is C8H13NO2. The molecule has 0 aromatic carbocycles. The van der Waals surface area contributed by atoms with E-state index in [0.29, 0.717) is 12.4 Å². The van der Waals surface area contributed by atoms with Crippen molar-refractivity contribution in [2.24, 2.45) is 0 Å². The van der Waals surface area contributed by atoms with Gasteiger partial charge in [0.25, 0.3) is 0 Å². The molecule has 0 aliphatic carbocycles. The molecule has 1 spiro atoms. The van der Waals surface area contributed by atoms with Crippen molar-refractivity contribution in [3.8, 4) is 0 Å². The van der Waals surface area contributed by atoms with Crippen molar-refractivity contribution in [2.45, 2.75) is 18.9 Å². The Morgan fingerprint density at radius 2 is 2.45 bits per heavy atom. The van der Waals surface area contributed by atoms with Crippen molar-refractivity contribution >= 4 is 0 Å². The lowest BCUT2D eigenvalue weighted by Crippen LogP contribution is -2.43. The Kier molecular flexibility index (Phi) is 1.44. The summed E-state index contributed by atoms with van der Waals surface area (Å²) in [5, 5.41) is 13.0.